The maximum Gasteiger partial charge on any atom is 0.326 e. The van der Waals surface area contributed by atoms with Crippen molar-refractivity contribution >= 4 is 33.7 Å². The number of benzene rings is 3. The summed E-state index contributed by atoms with van der Waals surface area (Å²) in [4.78, 5) is 33.6. The number of rotatable bonds is 8. The first-order valence-electron chi connectivity index (χ1n) is 11.5. The molecule has 5 rings (SSSR count). The number of ether oxygens (including phenoxy) is 1. The first-order chi connectivity index (χ1) is 17.6. The highest BCUT2D eigenvalue weighted by Crippen LogP contribution is 2.18. The van der Waals surface area contributed by atoms with Gasteiger partial charge in [0.15, 0.2) is 0 Å². The van der Waals surface area contributed by atoms with Gasteiger partial charge in [0, 0.05) is 23.4 Å². The number of nitrogens with zero attached hydrogens (tertiary/aromatic N) is 2. The standard InChI is InChI=1S/C29H23N3O4/c33-28(24-8-3-6-21-7-4-16-30-27(21)24)32-26(29(34)35)17-19-10-14-23(15-11-19)36-18-22-13-12-20-5-1-2-9-25(20)31-22/h1-16,26H,17-18H2,(H,32,33)(H,34,35). The van der Waals surface area contributed by atoms with Crippen molar-refractivity contribution in [1.82, 2.24) is 15.3 Å². The zero-order chi connectivity index (χ0) is 24.9. The molecule has 7 heteroatoms. The van der Waals surface area contributed by atoms with Crippen LogP contribution in [0.5, 0.6) is 5.75 Å². The second-order valence-electron chi connectivity index (χ2n) is 8.38. The second-order valence-corrected chi connectivity index (χ2v) is 8.38. The molecule has 0 saturated carbocycles. The summed E-state index contributed by atoms with van der Waals surface area (Å²) in [5.74, 6) is -0.944. The number of fused-ring (bicyclic) bond motifs is 2. The molecule has 1 unspecified atom stereocenters. The number of aromatic nitrogens is 2. The molecule has 0 fully saturated rings. The average Bonchev–Trinajstić information content (AvgIpc) is 2.91. The van der Waals surface area contributed by atoms with Crippen molar-refractivity contribution in [2.75, 3.05) is 0 Å². The van der Waals surface area contributed by atoms with E-state index >= 15 is 0 Å². The number of hydrogen-bond donors (Lipinski definition) is 2. The van der Waals surface area contributed by atoms with Gasteiger partial charge in [0.05, 0.1) is 22.3 Å². The van der Waals surface area contributed by atoms with Gasteiger partial charge in [0.25, 0.3) is 5.91 Å². The van der Waals surface area contributed by atoms with Gasteiger partial charge >= 0.3 is 5.97 Å². The fourth-order valence-electron chi connectivity index (χ4n) is 4.03. The molecule has 0 radical (unpaired) electrons. The van der Waals surface area contributed by atoms with E-state index in [1.54, 1.807) is 48.7 Å². The number of hydrogen-bond acceptors (Lipinski definition) is 5. The molecule has 0 aliphatic heterocycles. The zero-order valence-corrected chi connectivity index (χ0v) is 19.3. The van der Waals surface area contributed by atoms with E-state index in [0.717, 1.165) is 27.5 Å². The van der Waals surface area contributed by atoms with Crippen molar-refractivity contribution in [1.29, 1.82) is 0 Å². The van der Waals surface area contributed by atoms with Crippen LogP contribution < -0.4 is 10.1 Å². The Labute approximate surface area is 207 Å². The van der Waals surface area contributed by atoms with Crippen LogP contribution in [-0.4, -0.2) is 33.0 Å². The fourth-order valence-corrected chi connectivity index (χ4v) is 4.03. The van der Waals surface area contributed by atoms with Gasteiger partial charge in [-0.05, 0) is 42.0 Å². The fraction of sp³-hybridized carbons (Fsp3) is 0.103. The minimum atomic E-state index is -1.11. The van der Waals surface area contributed by atoms with Crippen molar-refractivity contribution < 1.29 is 19.4 Å². The summed E-state index contributed by atoms with van der Waals surface area (Å²) < 4.78 is 5.86. The number of carbonyl (C=O) groups excluding carboxylic acids is 1. The highest BCUT2D eigenvalue weighted by molar-refractivity contribution is 6.06. The van der Waals surface area contributed by atoms with E-state index < -0.39 is 17.9 Å². The minimum Gasteiger partial charge on any atom is -0.487 e. The summed E-state index contributed by atoms with van der Waals surface area (Å²) >= 11 is 0. The van der Waals surface area contributed by atoms with E-state index in [2.05, 4.69) is 15.3 Å². The molecule has 2 aromatic heterocycles. The maximum atomic E-state index is 12.9. The van der Waals surface area contributed by atoms with Crippen molar-refractivity contribution in [3.05, 3.63) is 114 Å². The van der Waals surface area contributed by atoms with E-state index in [1.807, 2.05) is 48.5 Å². The average molecular weight is 478 g/mol. The summed E-state index contributed by atoms with van der Waals surface area (Å²) in [5.41, 5.74) is 3.36. The van der Waals surface area contributed by atoms with Gasteiger partial charge in [-0.25, -0.2) is 9.78 Å². The Hall–Kier alpha value is -4.78. The van der Waals surface area contributed by atoms with Gasteiger partial charge in [-0.3, -0.25) is 9.78 Å². The summed E-state index contributed by atoms with van der Waals surface area (Å²) in [6.07, 6.45) is 1.74. The normalized spacial score (nSPS) is 11.8. The van der Waals surface area contributed by atoms with Crippen LogP contribution in [0.1, 0.15) is 21.6 Å². The molecule has 178 valence electrons. The Bertz CT molecular complexity index is 1540. The Morgan fingerprint density at radius 1 is 0.861 bits per heavy atom. The highest BCUT2D eigenvalue weighted by Gasteiger charge is 2.22. The van der Waals surface area contributed by atoms with Gasteiger partial charge in [0.2, 0.25) is 0 Å². The van der Waals surface area contributed by atoms with E-state index in [1.165, 1.54) is 0 Å². The Morgan fingerprint density at radius 3 is 2.47 bits per heavy atom. The predicted octanol–water partition coefficient (Wildman–Crippen LogP) is 4.79. The van der Waals surface area contributed by atoms with E-state index in [-0.39, 0.29) is 6.42 Å². The molecule has 0 aliphatic rings. The highest BCUT2D eigenvalue weighted by atomic mass is 16.5. The maximum absolute atomic E-state index is 12.9. The largest absolute Gasteiger partial charge is 0.487 e. The number of carboxylic acid groups (broad SMARTS) is 1. The molecular weight excluding hydrogens is 454 g/mol. The van der Waals surface area contributed by atoms with Crippen LogP contribution in [0.15, 0.2) is 97.2 Å². The van der Waals surface area contributed by atoms with Gasteiger partial charge in [-0.1, -0.05) is 54.6 Å². The molecule has 3 aromatic carbocycles. The lowest BCUT2D eigenvalue weighted by atomic mass is 10.0. The lowest BCUT2D eigenvalue weighted by Crippen LogP contribution is -2.42. The summed E-state index contributed by atoms with van der Waals surface area (Å²) in [7, 11) is 0. The van der Waals surface area contributed by atoms with Crippen molar-refractivity contribution in [2.24, 2.45) is 0 Å². The first-order valence-corrected chi connectivity index (χ1v) is 11.5. The van der Waals surface area contributed by atoms with E-state index in [0.29, 0.717) is 23.4 Å². The number of amides is 1. The van der Waals surface area contributed by atoms with Crippen molar-refractivity contribution in [3.8, 4) is 5.75 Å². The predicted molar refractivity (Wildman–Crippen MR) is 137 cm³/mol. The third kappa shape index (κ3) is 5.15. The molecule has 2 heterocycles. The van der Waals surface area contributed by atoms with Crippen molar-refractivity contribution in [2.45, 2.75) is 19.1 Å². The molecule has 0 aliphatic carbocycles. The van der Waals surface area contributed by atoms with Crippen LogP contribution >= 0.6 is 0 Å². The van der Waals surface area contributed by atoms with Crippen LogP contribution in [0.4, 0.5) is 0 Å². The van der Waals surface area contributed by atoms with Crippen LogP contribution in [0.2, 0.25) is 0 Å². The topological polar surface area (TPSA) is 101 Å². The molecule has 1 amide bonds. The Morgan fingerprint density at radius 2 is 1.64 bits per heavy atom. The molecule has 0 bridgehead atoms. The monoisotopic (exact) mass is 477 g/mol. The van der Waals surface area contributed by atoms with E-state index in [9.17, 15) is 14.7 Å². The number of para-hydroxylation sites is 2. The Kier molecular flexibility index (Phi) is 6.53. The van der Waals surface area contributed by atoms with E-state index in [4.69, 9.17) is 4.74 Å². The quantitative estimate of drug-likeness (QED) is 0.333. The summed E-state index contributed by atoms with van der Waals surface area (Å²) in [6, 6.07) is 26.8. The third-order valence-electron chi connectivity index (χ3n) is 5.89. The lowest BCUT2D eigenvalue weighted by Gasteiger charge is -2.16. The summed E-state index contributed by atoms with van der Waals surface area (Å²) in [6.45, 7) is 0.317. The number of pyridine rings is 2. The summed E-state index contributed by atoms with van der Waals surface area (Å²) in [5, 5.41) is 14.2. The van der Waals surface area contributed by atoms with Crippen molar-refractivity contribution in [3.63, 3.8) is 0 Å². The van der Waals surface area contributed by atoms with Crippen LogP contribution in [0, 0.1) is 0 Å². The minimum absolute atomic E-state index is 0.131. The second kappa shape index (κ2) is 10.2. The molecule has 2 N–H and O–H groups in total. The Balaban J connectivity index is 1.23. The van der Waals surface area contributed by atoms with Crippen LogP contribution in [-0.2, 0) is 17.8 Å². The van der Waals surface area contributed by atoms with Gasteiger partial charge in [0.1, 0.15) is 18.4 Å². The SMILES string of the molecule is O=C(NC(Cc1ccc(OCc2ccc3ccccc3n2)cc1)C(=O)O)c1cccc2cccnc12. The molecule has 0 saturated heterocycles. The van der Waals surface area contributed by atoms with Gasteiger partial charge in [-0.15, -0.1) is 0 Å². The third-order valence-corrected chi connectivity index (χ3v) is 5.89. The zero-order valence-electron chi connectivity index (χ0n) is 19.3. The van der Waals surface area contributed by atoms with Gasteiger partial charge in [-0.2, -0.15) is 0 Å². The first kappa shape index (κ1) is 23.0. The molecule has 7 nitrogen and oxygen atoms in total. The van der Waals surface area contributed by atoms with Crippen LogP contribution in [0.25, 0.3) is 21.8 Å². The molecule has 1 atom stereocenters. The molecule has 5 aromatic rings. The number of aliphatic carboxylic acids is 1. The van der Waals surface area contributed by atoms with Crippen LogP contribution in [0.3, 0.4) is 0 Å². The molecule has 36 heavy (non-hydrogen) atoms. The van der Waals surface area contributed by atoms with Gasteiger partial charge < -0.3 is 15.2 Å². The number of nitrogens with one attached hydrogen (secondary N) is 1. The molecular formula is C29H23N3O4. The lowest BCUT2D eigenvalue weighted by molar-refractivity contribution is -0.139. The number of carboxylic acids is 1. The smallest absolute Gasteiger partial charge is 0.326 e. The number of carbonyl (C=O) groups is 2. The molecule has 0 spiro atoms.